The van der Waals surface area contributed by atoms with Crippen molar-refractivity contribution in [3.8, 4) is 11.3 Å². The fourth-order valence-corrected chi connectivity index (χ4v) is 8.24. The lowest BCUT2D eigenvalue weighted by atomic mass is 9.99. The van der Waals surface area contributed by atoms with E-state index in [0.717, 1.165) is 32.1 Å². The lowest BCUT2D eigenvalue weighted by molar-refractivity contribution is -0.135. The van der Waals surface area contributed by atoms with Crippen molar-refractivity contribution in [2.45, 2.75) is 32.4 Å². The highest BCUT2D eigenvalue weighted by atomic mass is 35.5. The van der Waals surface area contributed by atoms with Gasteiger partial charge in [0.1, 0.15) is 13.2 Å². The van der Waals surface area contributed by atoms with Crippen molar-refractivity contribution in [2.75, 3.05) is 78.0 Å². The highest BCUT2D eigenvalue weighted by Gasteiger charge is 2.29. The van der Waals surface area contributed by atoms with Gasteiger partial charge in [-0.15, -0.1) is 11.3 Å². The topological polar surface area (TPSA) is 185 Å². The molecular formula is C40H47Cl2N9O7S. The molecule has 1 aromatic carbocycles. The van der Waals surface area contributed by atoms with Crippen molar-refractivity contribution in [3.63, 3.8) is 0 Å². The molecule has 1 saturated heterocycles. The second-order valence-electron chi connectivity index (χ2n) is 14.3. The number of hydrogen-bond acceptors (Lipinski definition) is 10. The molecule has 6 rings (SSSR count). The standard InChI is InChI=1S/C40H47Cl2N9O7S/c1-47(2)14-3-4-34(55)49-18-19-51(35(56)24-49)37-6-5-26(59-37)7-12-43-32(53)10-20-58-21-11-33(54)44-13-17-50-16-9-31(46-50)27-22-29(41)39(42)40-38(27)28-23-48(36(57)25-52)15-8-30(28)45-40/h3-6,9,11,16,21-22,45,52H,7-8,10,12-15,17-20,23-25H2,1-2H3,(H,43,53)(H,44,54)/b4-3?,21-11+. The number of H-pyrrole nitrogens is 1. The lowest BCUT2D eigenvalue weighted by Crippen LogP contribution is -2.51. The molecule has 19 heteroatoms. The van der Waals surface area contributed by atoms with Gasteiger partial charge < -0.3 is 45.1 Å². The average Bonchev–Trinajstić information content (AvgIpc) is 3.98. The molecule has 0 spiro atoms. The van der Waals surface area contributed by atoms with E-state index < -0.39 is 6.61 Å². The van der Waals surface area contributed by atoms with Gasteiger partial charge >= 0.3 is 0 Å². The molecule has 0 radical (unpaired) electrons. The largest absolute Gasteiger partial charge is 0.500 e. The van der Waals surface area contributed by atoms with Crippen LogP contribution in [0.15, 0.2) is 55.0 Å². The predicted octanol–water partition coefficient (Wildman–Crippen LogP) is 2.97. The Morgan fingerprint density at radius 2 is 1.88 bits per heavy atom. The van der Waals surface area contributed by atoms with Gasteiger partial charge in [0, 0.05) is 97.7 Å². The Balaban J connectivity index is 0.877. The maximum Gasteiger partial charge on any atom is 0.248 e. The molecule has 0 bridgehead atoms. The van der Waals surface area contributed by atoms with Crippen molar-refractivity contribution in [3.05, 3.63) is 81.1 Å². The number of anilines is 1. The maximum atomic E-state index is 12.8. The molecule has 4 N–H and O–H groups in total. The number of aromatic amines is 1. The zero-order valence-electron chi connectivity index (χ0n) is 32.8. The molecule has 0 saturated carbocycles. The number of carbonyl (C=O) groups is 5. The summed E-state index contributed by atoms with van der Waals surface area (Å²) in [5, 5.41) is 22.1. The lowest BCUT2D eigenvalue weighted by Gasteiger charge is -2.33. The van der Waals surface area contributed by atoms with Gasteiger partial charge in [0.25, 0.3) is 0 Å². The van der Waals surface area contributed by atoms with Gasteiger partial charge in [0.2, 0.25) is 29.5 Å². The summed E-state index contributed by atoms with van der Waals surface area (Å²) < 4.78 is 7.05. The molecular weight excluding hydrogens is 821 g/mol. The molecule has 59 heavy (non-hydrogen) atoms. The fraction of sp³-hybridized carbons (Fsp3) is 0.400. The second kappa shape index (κ2) is 20.2. The van der Waals surface area contributed by atoms with Gasteiger partial charge in [-0.2, -0.15) is 5.10 Å². The van der Waals surface area contributed by atoms with Crippen LogP contribution in [0.3, 0.4) is 0 Å². The molecule has 3 aromatic heterocycles. The summed E-state index contributed by atoms with van der Waals surface area (Å²) in [6.07, 6.45) is 8.89. The Bertz CT molecular complexity index is 2250. The van der Waals surface area contributed by atoms with Gasteiger partial charge in [0.05, 0.1) is 52.1 Å². The number of hydrogen-bond donors (Lipinski definition) is 4. The Hall–Kier alpha value is -5.20. The number of likely N-dealkylation sites (N-methyl/N-ethyl adjacent to an activating group) is 1. The smallest absolute Gasteiger partial charge is 0.248 e. The Morgan fingerprint density at radius 1 is 1.05 bits per heavy atom. The first kappa shape index (κ1) is 43.4. The summed E-state index contributed by atoms with van der Waals surface area (Å²) in [7, 11) is 3.83. The van der Waals surface area contributed by atoms with Crippen LogP contribution >= 0.6 is 34.5 Å². The van der Waals surface area contributed by atoms with Crippen molar-refractivity contribution in [1.29, 1.82) is 0 Å². The first-order chi connectivity index (χ1) is 28.4. The molecule has 314 valence electrons. The average molecular weight is 869 g/mol. The first-order valence-corrected chi connectivity index (χ1v) is 20.7. The van der Waals surface area contributed by atoms with Crippen LogP contribution in [0.1, 0.15) is 22.6 Å². The number of aromatic nitrogens is 3. The Kier molecular flexibility index (Phi) is 14.8. The van der Waals surface area contributed by atoms with E-state index in [9.17, 15) is 29.1 Å². The molecule has 5 heterocycles. The van der Waals surface area contributed by atoms with Gasteiger partial charge in [0.15, 0.2) is 0 Å². The number of rotatable bonds is 17. The molecule has 4 aromatic rings. The van der Waals surface area contributed by atoms with Crippen LogP contribution in [0.5, 0.6) is 0 Å². The van der Waals surface area contributed by atoms with E-state index in [0.29, 0.717) is 79.9 Å². The Morgan fingerprint density at radius 3 is 2.66 bits per heavy atom. The summed E-state index contributed by atoms with van der Waals surface area (Å²) in [6.45, 7) is 2.99. The molecule has 0 unspecified atom stereocenters. The minimum Gasteiger partial charge on any atom is -0.500 e. The van der Waals surface area contributed by atoms with Crippen molar-refractivity contribution >= 4 is 80.0 Å². The number of benzene rings is 1. The number of aliphatic hydroxyl groups excluding tert-OH is 1. The third-order valence-electron chi connectivity index (χ3n) is 9.82. The monoisotopic (exact) mass is 867 g/mol. The predicted molar refractivity (Wildman–Crippen MR) is 226 cm³/mol. The van der Waals surface area contributed by atoms with E-state index in [1.165, 1.54) is 29.8 Å². The van der Waals surface area contributed by atoms with Gasteiger partial charge in [-0.1, -0.05) is 29.3 Å². The van der Waals surface area contributed by atoms with E-state index in [4.69, 9.17) is 33.0 Å². The summed E-state index contributed by atoms with van der Waals surface area (Å²) in [4.78, 5) is 73.4. The normalized spacial score (nSPS) is 14.5. The molecule has 0 atom stereocenters. The van der Waals surface area contributed by atoms with Crippen LogP contribution < -0.4 is 15.5 Å². The van der Waals surface area contributed by atoms with Crippen LogP contribution in [-0.2, 0) is 54.6 Å². The number of amides is 5. The van der Waals surface area contributed by atoms with E-state index in [-0.39, 0.29) is 55.7 Å². The molecule has 5 amide bonds. The minimum atomic E-state index is -0.560. The third kappa shape index (κ3) is 11.1. The maximum absolute atomic E-state index is 12.8. The van der Waals surface area contributed by atoms with E-state index in [1.807, 2.05) is 37.2 Å². The number of aliphatic hydroxyl groups is 1. The van der Waals surface area contributed by atoms with Gasteiger partial charge in [-0.3, -0.25) is 28.7 Å². The Labute approximate surface area is 355 Å². The van der Waals surface area contributed by atoms with E-state index >= 15 is 0 Å². The zero-order chi connectivity index (χ0) is 42.1. The number of halogens is 2. The first-order valence-electron chi connectivity index (χ1n) is 19.2. The summed E-state index contributed by atoms with van der Waals surface area (Å²) in [6, 6.07) is 7.43. The number of nitrogens with one attached hydrogen (secondary N) is 3. The molecule has 1 fully saturated rings. The highest BCUT2D eigenvalue weighted by molar-refractivity contribution is 7.16. The number of thiophene rings is 1. The quantitative estimate of drug-likeness (QED) is 0.0704. The molecule has 0 aliphatic carbocycles. The van der Waals surface area contributed by atoms with Crippen LogP contribution in [-0.4, -0.2) is 137 Å². The highest BCUT2D eigenvalue weighted by Crippen LogP contribution is 2.42. The minimum absolute atomic E-state index is 0.0345. The van der Waals surface area contributed by atoms with Gasteiger partial charge in [-0.25, -0.2) is 0 Å². The van der Waals surface area contributed by atoms with Crippen LogP contribution in [0.25, 0.3) is 22.2 Å². The second-order valence-corrected chi connectivity index (χ2v) is 16.2. The summed E-state index contributed by atoms with van der Waals surface area (Å²) >= 11 is 14.6. The number of carbonyl (C=O) groups excluding carboxylic acids is 5. The van der Waals surface area contributed by atoms with Crippen LogP contribution in [0.4, 0.5) is 5.00 Å². The molecule has 2 aliphatic heterocycles. The van der Waals surface area contributed by atoms with Crippen LogP contribution in [0, 0.1) is 0 Å². The van der Waals surface area contributed by atoms with Gasteiger partial charge in [-0.05, 0) is 44.8 Å². The fourth-order valence-electron chi connectivity index (χ4n) is 6.79. The van der Waals surface area contributed by atoms with Crippen molar-refractivity contribution in [1.82, 2.24) is 40.1 Å². The molecule has 2 aliphatic rings. The SMILES string of the molecule is CN(C)CC=CC(=O)N1CCN(c2ccc(CCNC(=O)CCO/C=C/C(=O)NCCn3ccc(-c4cc(Cl)c(Cl)c5[nH]c6c(c45)CN(C(=O)CO)CC6)n3)s2)C(=O)C1. The van der Waals surface area contributed by atoms with E-state index in [1.54, 1.807) is 37.7 Å². The van der Waals surface area contributed by atoms with E-state index in [2.05, 4.69) is 15.6 Å². The number of ether oxygens (including phenoxy) is 1. The third-order valence-corrected chi connectivity index (χ3v) is 11.8. The number of nitrogens with zero attached hydrogens (tertiary/aromatic N) is 6. The summed E-state index contributed by atoms with van der Waals surface area (Å²) in [5.74, 6) is -1.20. The molecule has 16 nitrogen and oxygen atoms in total. The number of fused-ring (bicyclic) bond motifs is 3. The van der Waals surface area contributed by atoms with Crippen molar-refractivity contribution < 1.29 is 33.8 Å². The summed E-state index contributed by atoms with van der Waals surface area (Å²) in [5.41, 5.74) is 3.92. The van der Waals surface area contributed by atoms with Crippen molar-refractivity contribution in [2.24, 2.45) is 0 Å². The zero-order valence-corrected chi connectivity index (χ0v) is 35.2. The van der Waals surface area contributed by atoms with Crippen LogP contribution in [0.2, 0.25) is 10.0 Å². The number of piperazine rings is 1.